The van der Waals surface area contributed by atoms with Crippen molar-refractivity contribution in [1.29, 1.82) is 0 Å². The van der Waals surface area contributed by atoms with Gasteiger partial charge in [0.2, 0.25) is 5.91 Å². The molecule has 2 unspecified atom stereocenters. The molecule has 0 bridgehead atoms. The molecule has 16 heavy (non-hydrogen) atoms. The normalized spacial score (nSPS) is 29.9. The molecule has 0 aliphatic carbocycles. The van der Waals surface area contributed by atoms with Crippen molar-refractivity contribution in [2.45, 2.75) is 12.5 Å². The number of esters is 1. The van der Waals surface area contributed by atoms with Gasteiger partial charge < -0.3 is 14.8 Å². The molecule has 0 aromatic carbocycles. The standard InChI is InChI=1S/C10H16N2O4/c13-9-4-11-8(3-12-9)10(14)16-6-7-1-2-15-5-7/h7-8,11H,1-6H2,(H,12,13). The molecule has 2 saturated heterocycles. The van der Waals surface area contributed by atoms with Crippen LogP contribution in [0, 0.1) is 5.92 Å². The molecule has 0 aromatic heterocycles. The zero-order valence-electron chi connectivity index (χ0n) is 9.03. The quantitative estimate of drug-likeness (QED) is 0.584. The van der Waals surface area contributed by atoms with Gasteiger partial charge >= 0.3 is 5.97 Å². The molecule has 0 radical (unpaired) electrons. The number of amides is 1. The van der Waals surface area contributed by atoms with Crippen molar-refractivity contribution >= 4 is 11.9 Å². The highest BCUT2D eigenvalue weighted by Crippen LogP contribution is 2.12. The van der Waals surface area contributed by atoms with E-state index in [2.05, 4.69) is 10.6 Å². The molecule has 1 amide bonds. The van der Waals surface area contributed by atoms with E-state index in [4.69, 9.17) is 9.47 Å². The number of carbonyl (C=O) groups excluding carboxylic acids is 2. The lowest BCUT2D eigenvalue weighted by molar-refractivity contribution is -0.148. The van der Waals surface area contributed by atoms with Gasteiger partial charge in [-0.15, -0.1) is 0 Å². The Morgan fingerprint density at radius 2 is 2.44 bits per heavy atom. The Morgan fingerprint density at radius 3 is 3.06 bits per heavy atom. The lowest BCUT2D eigenvalue weighted by Gasteiger charge is -2.22. The molecule has 2 N–H and O–H groups in total. The maximum Gasteiger partial charge on any atom is 0.324 e. The van der Waals surface area contributed by atoms with Crippen molar-refractivity contribution in [3.63, 3.8) is 0 Å². The monoisotopic (exact) mass is 228 g/mol. The van der Waals surface area contributed by atoms with Crippen LogP contribution < -0.4 is 10.6 Å². The fraction of sp³-hybridized carbons (Fsp3) is 0.800. The summed E-state index contributed by atoms with van der Waals surface area (Å²) in [6, 6.07) is -0.417. The van der Waals surface area contributed by atoms with E-state index in [1.54, 1.807) is 0 Å². The van der Waals surface area contributed by atoms with Crippen molar-refractivity contribution in [3.8, 4) is 0 Å². The van der Waals surface area contributed by atoms with E-state index in [0.29, 0.717) is 25.7 Å². The Bertz CT molecular complexity index is 266. The van der Waals surface area contributed by atoms with Gasteiger partial charge in [-0.05, 0) is 6.42 Å². The maximum absolute atomic E-state index is 11.6. The average Bonchev–Trinajstić information content (AvgIpc) is 2.80. The summed E-state index contributed by atoms with van der Waals surface area (Å²) in [6.07, 6.45) is 0.947. The summed E-state index contributed by atoms with van der Waals surface area (Å²) >= 11 is 0. The summed E-state index contributed by atoms with van der Waals surface area (Å²) in [6.45, 7) is 2.30. The summed E-state index contributed by atoms with van der Waals surface area (Å²) in [7, 11) is 0. The molecule has 6 heteroatoms. The first-order chi connectivity index (χ1) is 7.75. The minimum Gasteiger partial charge on any atom is -0.464 e. The molecule has 0 saturated carbocycles. The number of ether oxygens (including phenoxy) is 2. The molecule has 2 fully saturated rings. The fourth-order valence-corrected chi connectivity index (χ4v) is 1.75. The molecule has 2 heterocycles. The largest absolute Gasteiger partial charge is 0.464 e. The van der Waals surface area contributed by atoms with Crippen molar-refractivity contribution < 1.29 is 19.1 Å². The minimum absolute atomic E-state index is 0.0896. The van der Waals surface area contributed by atoms with Crippen molar-refractivity contribution in [2.24, 2.45) is 5.92 Å². The van der Waals surface area contributed by atoms with E-state index in [1.165, 1.54) is 0 Å². The van der Waals surface area contributed by atoms with Crippen LogP contribution in [0.1, 0.15) is 6.42 Å². The topological polar surface area (TPSA) is 76.7 Å². The molecular formula is C10H16N2O4. The summed E-state index contributed by atoms with van der Waals surface area (Å²) in [5, 5.41) is 5.44. The van der Waals surface area contributed by atoms with Gasteiger partial charge in [-0.2, -0.15) is 0 Å². The number of piperazine rings is 1. The third-order valence-corrected chi connectivity index (χ3v) is 2.78. The average molecular weight is 228 g/mol. The number of nitrogens with one attached hydrogen (secondary N) is 2. The first-order valence-electron chi connectivity index (χ1n) is 5.50. The van der Waals surface area contributed by atoms with Gasteiger partial charge in [0.05, 0.1) is 19.8 Å². The van der Waals surface area contributed by atoms with Crippen LogP contribution in [-0.2, 0) is 19.1 Å². The van der Waals surface area contributed by atoms with Gasteiger partial charge in [-0.3, -0.25) is 14.9 Å². The van der Waals surface area contributed by atoms with Gasteiger partial charge in [0, 0.05) is 19.1 Å². The molecular weight excluding hydrogens is 212 g/mol. The van der Waals surface area contributed by atoms with Crippen molar-refractivity contribution in [1.82, 2.24) is 10.6 Å². The van der Waals surface area contributed by atoms with E-state index in [1.807, 2.05) is 0 Å². The molecule has 6 nitrogen and oxygen atoms in total. The number of carbonyl (C=O) groups is 2. The Kier molecular flexibility index (Phi) is 3.74. The molecule has 90 valence electrons. The zero-order chi connectivity index (χ0) is 11.4. The molecule has 0 aromatic rings. The van der Waals surface area contributed by atoms with Crippen LogP contribution in [0.25, 0.3) is 0 Å². The summed E-state index contributed by atoms with van der Waals surface area (Å²) < 4.78 is 10.4. The van der Waals surface area contributed by atoms with E-state index >= 15 is 0 Å². The fourth-order valence-electron chi connectivity index (χ4n) is 1.75. The van der Waals surface area contributed by atoms with E-state index < -0.39 is 6.04 Å². The first kappa shape index (κ1) is 11.3. The second-order valence-electron chi connectivity index (χ2n) is 4.10. The third-order valence-electron chi connectivity index (χ3n) is 2.78. The summed E-state index contributed by atoms with van der Waals surface area (Å²) in [5.41, 5.74) is 0. The lowest BCUT2D eigenvalue weighted by atomic mass is 10.1. The van der Waals surface area contributed by atoms with Gasteiger partial charge in [0.25, 0.3) is 0 Å². The Hall–Kier alpha value is -1.14. The summed E-state index contributed by atoms with van der Waals surface area (Å²) in [4.78, 5) is 22.4. The molecule has 2 atom stereocenters. The highest BCUT2D eigenvalue weighted by molar-refractivity contribution is 5.83. The van der Waals surface area contributed by atoms with Crippen LogP contribution in [0.15, 0.2) is 0 Å². The molecule has 2 aliphatic heterocycles. The number of hydrogen-bond acceptors (Lipinski definition) is 5. The lowest BCUT2D eigenvalue weighted by Crippen LogP contribution is -2.55. The minimum atomic E-state index is -0.417. The maximum atomic E-state index is 11.6. The molecule has 2 aliphatic rings. The molecule has 0 spiro atoms. The van der Waals surface area contributed by atoms with Crippen LogP contribution in [-0.4, -0.2) is 50.8 Å². The van der Waals surface area contributed by atoms with Gasteiger partial charge in [0.1, 0.15) is 6.04 Å². The summed E-state index contributed by atoms with van der Waals surface area (Å²) in [5.74, 6) is -0.0673. The van der Waals surface area contributed by atoms with Crippen molar-refractivity contribution in [3.05, 3.63) is 0 Å². The third kappa shape index (κ3) is 2.93. The smallest absolute Gasteiger partial charge is 0.324 e. The predicted octanol–water partition coefficient (Wildman–Crippen LogP) is -1.35. The Morgan fingerprint density at radius 1 is 1.56 bits per heavy atom. The highest BCUT2D eigenvalue weighted by Gasteiger charge is 2.26. The van der Waals surface area contributed by atoms with Crippen LogP contribution in [0.5, 0.6) is 0 Å². The number of hydrogen-bond donors (Lipinski definition) is 2. The molecule has 2 rings (SSSR count). The van der Waals surface area contributed by atoms with Gasteiger partial charge in [0.15, 0.2) is 0 Å². The SMILES string of the molecule is O=C1CNC(C(=O)OCC2CCOC2)CN1. The van der Waals surface area contributed by atoms with Crippen LogP contribution in [0.4, 0.5) is 0 Å². The van der Waals surface area contributed by atoms with Crippen LogP contribution >= 0.6 is 0 Å². The van der Waals surface area contributed by atoms with Gasteiger partial charge in [-0.1, -0.05) is 0 Å². The van der Waals surface area contributed by atoms with E-state index in [9.17, 15) is 9.59 Å². The van der Waals surface area contributed by atoms with Gasteiger partial charge in [-0.25, -0.2) is 0 Å². The predicted molar refractivity (Wildman–Crippen MR) is 54.7 cm³/mol. The highest BCUT2D eigenvalue weighted by atomic mass is 16.5. The Labute approximate surface area is 93.7 Å². The Balaban J connectivity index is 1.68. The van der Waals surface area contributed by atoms with Crippen molar-refractivity contribution in [2.75, 3.05) is 32.9 Å². The first-order valence-corrected chi connectivity index (χ1v) is 5.50. The number of rotatable bonds is 3. The van der Waals surface area contributed by atoms with E-state index in [0.717, 1.165) is 13.0 Å². The second-order valence-corrected chi connectivity index (χ2v) is 4.10. The second kappa shape index (κ2) is 5.27. The zero-order valence-corrected chi connectivity index (χ0v) is 9.03. The van der Waals surface area contributed by atoms with Crippen LogP contribution in [0.3, 0.4) is 0 Å². The van der Waals surface area contributed by atoms with Crippen LogP contribution in [0.2, 0.25) is 0 Å². The van der Waals surface area contributed by atoms with E-state index in [-0.39, 0.29) is 18.4 Å².